The molecule has 5 heterocycles. The fourth-order valence-electron chi connectivity index (χ4n) is 6.45. The first-order valence-electron chi connectivity index (χ1n) is 15.3. The van der Waals surface area contributed by atoms with Gasteiger partial charge in [-0.15, -0.1) is 0 Å². The van der Waals surface area contributed by atoms with Crippen molar-refractivity contribution < 1.29 is 27.6 Å². The summed E-state index contributed by atoms with van der Waals surface area (Å²) in [5.74, 6) is -1.46. The van der Waals surface area contributed by atoms with Gasteiger partial charge >= 0.3 is 0 Å². The molecule has 2 fully saturated rings. The van der Waals surface area contributed by atoms with Crippen LogP contribution in [0, 0.1) is 13.8 Å². The standard InChI is InChI=1S/C32H40F2N6O4/c1-19-15-26(38-44-19)29-36-28(31(41)39-12-8-24(9-13-39)35-25-10-14-43-18-27(25)42-4)20(2)30(37-29)40-11-7-21-16-23(32(3,33)34)6-5-22(21)17-40/h5-6,15-16,24-25,27,35H,7-14,17-18H2,1-4H3. The Labute approximate surface area is 256 Å². The van der Waals surface area contributed by atoms with Crippen LogP contribution < -0.4 is 10.2 Å². The van der Waals surface area contributed by atoms with Gasteiger partial charge < -0.3 is 29.1 Å². The average molecular weight is 611 g/mol. The van der Waals surface area contributed by atoms with E-state index in [0.29, 0.717) is 73.6 Å². The third-order valence-corrected chi connectivity index (χ3v) is 9.04. The van der Waals surface area contributed by atoms with Gasteiger partial charge in [0.1, 0.15) is 17.3 Å². The number of benzene rings is 1. The van der Waals surface area contributed by atoms with Crippen molar-refractivity contribution in [3.8, 4) is 11.5 Å². The number of amides is 1. The predicted molar refractivity (Wildman–Crippen MR) is 160 cm³/mol. The zero-order valence-corrected chi connectivity index (χ0v) is 25.7. The lowest BCUT2D eigenvalue weighted by atomic mass is 9.95. The number of aryl methyl sites for hydroxylation is 1. The second-order valence-corrected chi connectivity index (χ2v) is 12.2. The molecule has 2 saturated heterocycles. The molecule has 0 aliphatic carbocycles. The predicted octanol–water partition coefficient (Wildman–Crippen LogP) is 4.42. The van der Waals surface area contributed by atoms with E-state index in [-0.39, 0.29) is 29.7 Å². The number of halogens is 2. The summed E-state index contributed by atoms with van der Waals surface area (Å²) in [4.78, 5) is 27.6. The summed E-state index contributed by atoms with van der Waals surface area (Å²) in [6.07, 6.45) is 3.17. The Kier molecular flexibility index (Phi) is 8.67. The molecule has 1 N–H and O–H groups in total. The number of nitrogens with one attached hydrogen (secondary N) is 1. The highest BCUT2D eigenvalue weighted by Gasteiger charge is 2.33. The molecule has 6 rings (SSSR count). The quantitative estimate of drug-likeness (QED) is 0.416. The van der Waals surface area contributed by atoms with Crippen LogP contribution in [-0.2, 0) is 28.4 Å². The summed E-state index contributed by atoms with van der Waals surface area (Å²) >= 11 is 0. The first-order chi connectivity index (χ1) is 21.1. The smallest absolute Gasteiger partial charge is 0.272 e. The molecule has 3 aliphatic rings. The molecule has 1 aromatic carbocycles. The third-order valence-electron chi connectivity index (χ3n) is 9.04. The van der Waals surface area contributed by atoms with Gasteiger partial charge in [0, 0.05) is 76.1 Å². The highest BCUT2D eigenvalue weighted by Crippen LogP contribution is 2.33. The molecular formula is C32H40F2N6O4. The Morgan fingerprint density at radius 3 is 2.59 bits per heavy atom. The molecule has 10 nitrogen and oxygen atoms in total. The highest BCUT2D eigenvalue weighted by atomic mass is 19.3. The Morgan fingerprint density at radius 2 is 1.89 bits per heavy atom. The number of carbonyl (C=O) groups excluding carboxylic acids is 1. The Balaban J connectivity index is 1.23. The molecule has 2 atom stereocenters. The molecule has 0 saturated carbocycles. The number of aromatic nitrogens is 3. The normalized spacial score (nSPS) is 21.4. The largest absolute Gasteiger partial charge is 0.379 e. The van der Waals surface area contributed by atoms with Crippen LogP contribution in [-0.4, -0.2) is 84.1 Å². The lowest BCUT2D eigenvalue weighted by molar-refractivity contribution is -0.0533. The van der Waals surface area contributed by atoms with Crippen molar-refractivity contribution in [2.45, 2.75) is 77.1 Å². The first-order valence-corrected chi connectivity index (χ1v) is 15.3. The van der Waals surface area contributed by atoms with Crippen LogP contribution in [0.1, 0.15) is 64.7 Å². The molecule has 3 aromatic rings. The Morgan fingerprint density at radius 1 is 1.09 bits per heavy atom. The summed E-state index contributed by atoms with van der Waals surface area (Å²) in [5, 5.41) is 7.86. The molecule has 44 heavy (non-hydrogen) atoms. The van der Waals surface area contributed by atoms with Gasteiger partial charge in [0.2, 0.25) is 0 Å². The van der Waals surface area contributed by atoms with E-state index in [1.54, 1.807) is 32.2 Å². The van der Waals surface area contributed by atoms with E-state index in [0.717, 1.165) is 43.9 Å². The number of anilines is 1. The van der Waals surface area contributed by atoms with Crippen LogP contribution in [0.25, 0.3) is 11.5 Å². The molecular weight excluding hydrogens is 570 g/mol. The topological polar surface area (TPSA) is 106 Å². The number of hydrogen-bond donors (Lipinski definition) is 1. The molecule has 2 unspecified atom stereocenters. The van der Waals surface area contributed by atoms with Gasteiger partial charge in [-0.3, -0.25) is 4.79 Å². The number of likely N-dealkylation sites (tertiary alicyclic amines) is 1. The van der Waals surface area contributed by atoms with Crippen molar-refractivity contribution in [3.05, 3.63) is 58.0 Å². The number of fused-ring (bicyclic) bond motifs is 1. The van der Waals surface area contributed by atoms with E-state index in [1.165, 1.54) is 6.07 Å². The minimum Gasteiger partial charge on any atom is -0.379 e. The number of hydrogen-bond acceptors (Lipinski definition) is 9. The number of piperidine rings is 1. The van der Waals surface area contributed by atoms with E-state index in [1.807, 2.05) is 11.8 Å². The van der Waals surface area contributed by atoms with Crippen LogP contribution in [0.5, 0.6) is 0 Å². The van der Waals surface area contributed by atoms with Gasteiger partial charge in [0.05, 0.1) is 12.7 Å². The minimum absolute atomic E-state index is 0.0183. The second kappa shape index (κ2) is 12.5. The molecule has 0 radical (unpaired) electrons. The molecule has 3 aliphatic heterocycles. The van der Waals surface area contributed by atoms with Crippen LogP contribution >= 0.6 is 0 Å². The molecule has 12 heteroatoms. The van der Waals surface area contributed by atoms with E-state index in [2.05, 4.69) is 15.4 Å². The average Bonchev–Trinajstić information content (AvgIpc) is 3.46. The number of alkyl halides is 2. The van der Waals surface area contributed by atoms with Crippen molar-refractivity contribution in [2.75, 3.05) is 44.9 Å². The number of nitrogens with zero attached hydrogens (tertiary/aromatic N) is 5. The van der Waals surface area contributed by atoms with Crippen molar-refractivity contribution in [3.63, 3.8) is 0 Å². The molecule has 0 spiro atoms. The first kappa shape index (κ1) is 30.5. The van der Waals surface area contributed by atoms with Crippen molar-refractivity contribution in [1.29, 1.82) is 0 Å². The number of methoxy groups -OCH3 is 1. The van der Waals surface area contributed by atoms with Crippen LogP contribution in [0.4, 0.5) is 14.6 Å². The summed E-state index contributed by atoms with van der Waals surface area (Å²) in [7, 11) is 1.72. The number of rotatable bonds is 7. The Hall–Kier alpha value is -3.48. The van der Waals surface area contributed by atoms with Crippen molar-refractivity contribution in [2.24, 2.45) is 0 Å². The zero-order valence-electron chi connectivity index (χ0n) is 25.7. The van der Waals surface area contributed by atoms with Gasteiger partial charge in [0.15, 0.2) is 11.5 Å². The number of carbonyl (C=O) groups is 1. The maximum atomic E-state index is 14.0. The van der Waals surface area contributed by atoms with E-state index < -0.39 is 5.92 Å². The Bertz CT molecular complexity index is 1500. The fraction of sp³-hybridized carbons (Fsp3) is 0.562. The lowest BCUT2D eigenvalue weighted by Crippen LogP contribution is -2.54. The SMILES string of the molecule is COC1COCCC1NC1CCN(C(=O)c2nc(-c3cc(C)on3)nc(N3CCc4cc(C(C)(F)F)ccc4C3)c2C)CC1. The monoisotopic (exact) mass is 610 g/mol. The fourth-order valence-corrected chi connectivity index (χ4v) is 6.45. The van der Waals surface area contributed by atoms with Crippen molar-refractivity contribution >= 4 is 11.7 Å². The van der Waals surface area contributed by atoms with E-state index >= 15 is 0 Å². The summed E-state index contributed by atoms with van der Waals surface area (Å²) in [6, 6.07) is 7.14. The van der Waals surface area contributed by atoms with Gasteiger partial charge in [-0.1, -0.05) is 17.3 Å². The van der Waals surface area contributed by atoms with Crippen LogP contribution in [0.3, 0.4) is 0 Å². The van der Waals surface area contributed by atoms with Gasteiger partial charge in [-0.2, -0.15) is 0 Å². The highest BCUT2D eigenvalue weighted by molar-refractivity contribution is 5.95. The summed E-state index contributed by atoms with van der Waals surface area (Å²) in [6.45, 7) is 8.16. The second-order valence-electron chi connectivity index (χ2n) is 12.2. The minimum atomic E-state index is -2.89. The lowest BCUT2D eigenvalue weighted by Gasteiger charge is -2.38. The third kappa shape index (κ3) is 6.33. The summed E-state index contributed by atoms with van der Waals surface area (Å²) < 4.78 is 44.4. The molecule has 236 valence electrons. The number of ether oxygens (including phenoxy) is 2. The maximum absolute atomic E-state index is 14.0. The zero-order chi connectivity index (χ0) is 31.0. The van der Waals surface area contributed by atoms with E-state index in [9.17, 15) is 13.6 Å². The van der Waals surface area contributed by atoms with Gasteiger partial charge in [-0.25, -0.2) is 18.7 Å². The maximum Gasteiger partial charge on any atom is 0.272 e. The van der Waals surface area contributed by atoms with Crippen molar-refractivity contribution in [1.82, 2.24) is 25.3 Å². The molecule has 2 aromatic heterocycles. The van der Waals surface area contributed by atoms with Crippen LogP contribution in [0.2, 0.25) is 0 Å². The van der Waals surface area contributed by atoms with Crippen LogP contribution in [0.15, 0.2) is 28.8 Å². The molecule has 0 bridgehead atoms. The molecule has 1 amide bonds. The van der Waals surface area contributed by atoms with E-state index in [4.69, 9.17) is 24.0 Å². The van der Waals surface area contributed by atoms with Gasteiger partial charge in [-0.05, 0) is 56.7 Å². The van der Waals surface area contributed by atoms with Gasteiger partial charge in [0.25, 0.3) is 11.8 Å². The summed E-state index contributed by atoms with van der Waals surface area (Å²) in [5.41, 5.74) is 3.37.